The Bertz CT molecular complexity index is 625. The Balaban J connectivity index is 1.67. The molecule has 0 radical (unpaired) electrons. The molecule has 2 heteroatoms. The van der Waals surface area contributed by atoms with Gasteiger partial charge in [0.15, 0.2) is 0 Å². The molecular weight excluding hydrogens is 275 g/mol. The average molecular weight is 298 g/mol. The van der Waals surface area contributed by atoms with Gasteiger partial charge in [0.25, 0.3) is 0 Å². The van der Waals surface area contributed by atoms with E-state index in [1.807, 2.05) is 12.1 Å². The third-order valence-electron chi connectivity index (χ3n) is 4.75. The Morgan fingerprint density at radius 3 is 2.18 bits per heavy atom. The summed E-state index contributed by atoms with van der Waals surface area (Å²) < 4.78 is 19.3. The van der Waals surface area contributed by atoms with Crippen molar-refractivity contribution in [2.75, 3.05) is 0 Å². The summed E-state index contributed by atoms with van der Waals surface area (Å²) in [5.41, 5.74) is 2.03. The number of benzene rings is 2. The van der Waals surface area contributed by atoms with Crippen molar-refractivity contribution < 1.29 is 9.13 Å². The first-order chi connectivity index (χ1) is 10.6. The van der Waals surface area contributed by atoms with Crippen LogP contribution in [0.3, 0.4) is 0 Å². The molecule has 0 aliphatic heterocycles. The molecule has 1 aliphatic rings. The molecule has 1 aliphatic carbocycles. The van der Waals surface area contributed by atoms with Crippen LogP contribution in [0.4, 0.5) is 4.39 Å². The van der Waals surface area contributed by atoms with E-state index in [1.54, 1.807) is 19.1 Å². The molecule has 116 valence electrons. The van der Waals surface area contributed by atoms with E-state index in [0.29, 0.717) is 17.2 Å². The lowest BCUT2D eigenvalue weighted by Gasteiger charge is -2.26. The molecule has 0 unspecified atom stereocenters. The average Bonchev–Trinajstić information content (AvgIpc) is 2.53. The number of hydrogen-bond acceptors (Lipinski definition) is 1. The zero-order valence-corrected chi connectivity index (χ0v) is 13.3. The predicted octanol–water partition coefficient (Wildman–Crippen LogP) is 6.22. The minimum absolute atomic E-state index is 0.231. The molecule has 0 spiro atoms. The van der Waals surface area contributed by atoms with Crippen LogP contribution in [0.15, 0.2) is 42.5 Å². The molecule has 0 N–H and O–H groups in total. The Hall–Kier alpha value is -1.83. The summed E-state index contributed by atoms with van der Waals surface area (Å²) in [6, 6.07) is 13.3. The standard InChI is InChI=1S/C20H23FO/c1-14-3-6-16(7-4-14)17-8-11-18(12-9-17)22-19-10-5-15(2)20(21)13-19/h5,8-14,16H,3-4,6-7H2,1-2H3. The molecule has 1 saturated carbocycles. The summed E-state index contributed by atoms with van der Waals surface area (Å²) in [7, 11) is 0. The van der Waals surface area contributed by atoms with Crippen LogP contribution in [-0.2, 0) is 0 Å². The number of rotatable bonds is 3. The maximum atomic E-state index is 13.5. The van der Waals surface area contributed by atoms with E-state index in [4.69, 9.17) is 4.74 Å². The zero-order chi connectivity index (χ0) is 15.5. The normalized spacial score (nSPS) is 21.6. The quantitative estimate of drug-likeness (QED) is 0.653. The maximum absolute atomic E-state index is 13.5. The third kappa shape index (κ3) is 3.49. The first-order valence-corrected chi connectivity index (χ1v) is 8.16. The molecule has 0 bridgehead atoms. The fourth-order valence-electron chi connectivity index (χ4n) is 3.17. The summed E-state index contributed by atoms with van der Waals surface area (Å²) in [6.07, 6.45) is 5.21. The van der Waals surface area contributed by atoms with Crippen molar-refractivity contribution in [1.29, 1.82) is 0 Å². The molecule has 0 saturated heterocycles. The number of hydrogen-bond donors (Lipinski definition) is 0. The zero-order valence-electron chi connectivity index (χ0n) is 13.3. The van der Waals surface area contributed by atoms with Crippen molar-refractivity contribution in [3.05, 3.63) is 59.4 Å². The number of ether oxygens (including phenoxy) is 1. The second-order valence-corrected chi connectivity index (χ2v) is 6.54. The van der Waals surface area contributed by atoms with Gasteiger partial charge < -0.3 is 4.74 Å². The molecular formula is C20H23FO. The van der Waals surface area contributed by atoms with Gasteiger partial charge in [-0.2, -0.15) is 0 Å². The van der Waals surface area contributed by atoms with Crippen LogP contribution in [0, 0.1) is 18.7 Å². The monoisotopic (exact) mass is 298 g/mol. The third-order valence-corrected chi connectivity index (χ3v) is 4.75. The fraction of sp³-hybridized carbons (Fsp3) is 0.400. The number of aryl methyl sites for hydroxylation is 1. The van der Waals surface area contributed by atoms with E-state index in [1.165, 1.54) is 37.3 Å². The van der Waals surface area contributed by atoms with Crippen molar-refractivity contribution in [1.82, 2.24) is 0 Å². The van der Waals surface area contributed by atoms with Crippen LogP contribution >= 0.6 is 0 Å². The van der Waals surface area contributed by atoms with E-state index >= 15 is 0 Å². The molecule has 1 fully saturated rings. The van der Waals surface area contributed by atoms with Gasteiger partial charge in [0.05, 0.1) is 0 Å². The first-order valence-electron chi connectivity index (χ1n) is 8.16. The highest BCUT2D eigenvalue weighted by atomic mass is 19.1. The van der Waals surface area contributed by atoms with Gasteiger partial charge in [-0.1, -0.05) is 38.0 Å². The molecule has 2 aromatic carbocycles. The summed E-state index contributed by atoms with van der Waals surface area (Å²) >= 11 is 0. The summed E-state index contributed by atoms with van der Waals surface area (Å²) in [4.78, 5) is 0. The Morgan fingerprint density at radius 1 is 0.909 bits per heavy atom. The SMILES string of the molecule is Cc1ccc(Oc2ccc(C3CCC(C)CC3)cc2)cc1F. The molecule has 1 nitrogen and oxygen atoms in total. The minimum Gasteiger partial charge on any atom is -0.457 e. The van der Waals surface area contributed by atoms with E-state index in [0.717, 1.165) is 11.7 Å². The Kier molecular flexibility index (Phi) is 4.47. The molecule has 0 heterocycles. The second kappa shape index (κ2) is 6.51. The highest BCUT2D eigenvalue weighted by Crippen LogP contribution is 2.36. The highest BCUT2D eigenvalue weighted by Gasteiger charge is 2.19. The lowest BCUT2D eigenvalue weighted by atomic mass is 9.79. The van der Waals surface area contributed by atoms with Gasteiger partial charge in [-0.15, -0.1) is 0 Å². The predicted molar refractivity (Wildman–Crippen MR) is 88.0 cm³/mol. The first kappa shape index (κ1) is 15.1. The fourth-order valence-corrected chi connectivity index (χ4v) is 3.17. The van der Waals surface area contributed by atoms with Crippen molar-refractivity contribution in [2.24, 2.45) is 5.92 Å². The van der Waals surface area contributed by atoms with Gasteiger partial charge in [-0.25, -0.2) is 4.39 Å². The van der Waals surface area contributed by atoms with Gasteiger partial charge in [0.1, 0.15) is 17.3 Å². The smallest absolute Gasteiger partial charge is 0.130 e. The van der Waals surface area contributed by atoms with Crippen molar-refractivity contribution in [3.8, 4) is 11.5 Å². The summed E-state index contributed by atoms with van der Waals surface area (Å²) in [5, 5.41) is 0. The van der Waals surface area contributed by atoms with Crippen LogP contribution in [0.25, 0.3) is 0 Å². The lowest BCUT2D eigenvalue weighted by molar-refractivity contribution is 0.348. The molecule has 0 amide bonds. The Labute approximate surface area is 132 Å². The van der Waals surface area contributed by atoms with Gasteiger partial charge in [0.2, 0.25) is 0 Å². The minimum atomic E-state index is -0.231. The van der Waals surface area contributed by atoms with Crippen LogP contribution < -0.4 is 4.74 Å². The van der Waals surface area contributed by atoms with Crippen LogP contribution in [0.2, 0.25) is 0 Å². The summed E-state index contributed by atoms with van der Waals surface area (Å²) in [6.45, 7) is 4.09. The van der Waals surface area contributed by atoms with E-state index in [9.17, 15) is 4.39 Å². The molecule has 22 heavy (non-hydrogen) atoms. The van der Waals surface area contributed by atoms with E-state index in [-0.39, 0.29) is 5.82 Å². The summed E-state index contributed by atoms with van der Waals surface area (Å²) in [5.74, 6) is 2.63. The highest BCUT2D eigenvalue weighted by molar-refractivity contribution is 5.35. The van der Waals surface area contributed by atoms with Crippen LogP contribution in [-0.4, -0.2) is 0 Å². The van der Waals surface area contributed by atoms with Gasteiger partial charge in [0, 0.05) is 6.07 Å². The molecule has 3 rings (SSSR count). The van der Waals surface area contributed by atoms with E-state index < -0.39 is 0 Å². The van der Waals surface area contributed by atoms with Crippen molar-refractivity contribution in [3.63, 3.8) is 0 Å². The largest absolute Gasteiger partial charge is 0.457 e. The van der Waals surface area contributed by atoms with Crippen molar-refractivity contribution >= 4 is 0 Å². The van der Waals surface area contributed by atoms with Gasteiger partial charge in [-0.3, -0.25) is 0 Å². The molecule has 2 aromatic rings. The van der Waals surface area contributed by atoms with Crippen molar-refractivity contribution in [2.45, 2.75) is 45.4 Å². The maximum Gasteiger partial charge on any atom is 0.130 e. The van der Waals surface area contributed by atoms with Gasteiger partial charge in [-0.05, 0) is 60.9 Å². The van der Waals surface area contributed by atoms with Crippen LogP contribution in [0.1, 0.15) is 49.7 Å². The van der Waals surface area contributed by atoms with Gasteiger partial charge >= 0.3 is 0 Å². The topological polar surface area (TPSA) is 9.23 Å². The van der Waals surface area contributed by atoms with Crippen LogP contribution in [0.5, 0.6) is 11.5 Å². The second-order valence-electron chi connectivity index (χ2n) is 6.54. The molecule has 0 aromatic heterocycles. The lowest BCUT2D eigenvalue weighted by Crippen LogP contribution is -2.10. The molecule has 0 atom stereocenters. The Morgan fingerprint density at radius 2 is 1.55 bits per heavy atom. The van der Waals surface area contributed by atoms with E-state index in [2.05, 4.69) is 19.1 Å². The number of halogens is 1.